The molecule has 1 amide bonds. The summed E-state index contributed by atoms with van der Waals surface area (Å²) < 4.78 is 0. The van der Waals surface area contributed by atoms with Crippen molar-refractivity contribution >= 4 is 5.91 Å². The number of carbonyl (C=O) groups excluding carboxylic acids is 1. The van der Waals surface area contributed by atoms with E-state index < -0.39 is 5.41 Å². The monoisotopic (exact) mass is 256 g/mol. The second kappa shape index (κ2) is 5.44. The molecule has 0 unspecified atom stereocenters. The van der Waals surface area contributed by atoms with E-state index in [1.54, 1.807) is 11.9 Å². The Morgan fingerprint density at radius 2 is 1.89 bits per heavy atom. The molecule has 1 aromatic rings. The normalized spacial score (nSPS) is 15.6. The molecule has 3 heteroatoms. The van der Waals surface area contributed by atoms with Crippen LogP contribution in [-0.4, -0.2) is 24.4 Å². The molecule has 0 saturated heterocycles. The van der Waals surface area contributed by atoms with Crippen LogP contribution in [0.2, 0.25) is 0 Å². The van der Waals surface area contributed by atoms with Crippen LogP contribution in [0.1, 0.15) is 30.9 Å². The van der Waals surface area contributed by atoms with Gasteiger partial charge in [-0.1, -0.05) is 31.2 Å². The number of carbonyl (C=O) groups is 1. The Morgan fingerprint density at radius 1 is 1.32 bits per heavy atom. The van der Waals surface area contributed by atoms with Crippen molar-refractivity contribution in [2.24, 2.45) is 5.41 Å². The number of hydrogen-bond acceptors (Lipinski definition) is 2. The topological polar surface area (TPSA) is 44.1 Å². The predicted octanol–water partition coefficient (Wildman–Crippen LogP) is 2.55. The molecule has 0 atom stereocenters. The lowest BCUT2D eigenvalue weighted by molar-refractivity contribution is -0.133. The maximum Gasteiger partial charge on any atom is 0.242 e. The Morgan fingerprint density at radius 3 is 2.37 bits per heavy atom. The summed E-state index contributed by atoms with van der Waals surface area (Å²) in [5.41, 5.74) is 1.87. The van der Waals surface area contributed by atoms with Gasteiger partial charge in [-0.05, 0) is 36.8 Å². The van der Waals surface area contributed by atoms with Crippen molar-refractivity contribution in [2.45, 2.75) is 32.6 Å². The van der Waals surface area contributed by atoms with Crippen LogP contribution in [-0.2, 0) is 17.6 Å². The van der Waals surface area contributed by atoms with Crippen LogP contribution in [0.25, 0.3) is 0 Å². The number of aryl methyl sites for hydroxylation is 1. The van der Waals surface area contributed by atoms with Crippen LogP contribution in [0.4, 0.5) is 0 Å². The summed E-state index contributed by atoms with van der Waals surface area (Å²) in [7, 11) is 1.79. The number of hydrogen-bond donors (Lipinski definition) is 0. The van der Waals surface area contributed by atoms with E-state index in [2.05, 4.69) is 37.3 Å². The average molecular weight is 256 g/mol. The van der Waals surface area contributed by atoms with Gasteiger partial charge < -0.3 is 4.90 Å². The van der Waals surface area contributed by atoms with E-state index in [1.165, 1.54) is 11.1 Å². The fourth-order valence-electron chi connectivity index (χ4n) is 2.20. The summed E-state index contributed by atoms with van der Waals surface area (Å²) in [4.78, 5) is 13.8. The second-order valence-electron chi connectivity index (χ2n) is 5.34. The van der Waals surface area contributed by atoms with Gasteiger partial charge in [-0.3, -0.25) is 4.79 Å². The largest absolute Gasteiger partial charge is 0.344 e. The molecule has 3 nitrogen and oxygen atoms in total. The molecule has 2 rings (SSSR count). The Balaban J connectivity index is 1.88. The standard InChI is InChI=1S/C16H20N2O/c1-3-13-4-6-14(7-5-13)8-11-18(2)15(19)16(12-17)9-10-16/h4-7H,3,8-11H2,1-2H3. The van der Waals surface area contributed by atoms with E-state index in [-0.39, 0.29) is 5.91 Å². The molecule has 1 saturated carbocycles. The lowest BCUT2D eigenvalue weighted by Gasteiger charge is -2.19. The Kier molecular flexibility index (Phi) is 3.90. The van der Waals surface area contributed by atoms with Gasteiger partial charge in [0.05, 0.1) is 6.07 Å². The summed E-state index contributed by atoms with van der Waals surface area (Å²) in [5.74, 6) is -0.0137. The molecule has 0 spiro atoms. The molecule has 19 heavy (non-hydrogen) atoms. The molecule has 1 fully saturated rings. The zero-order valence-electron chi connectivity index (χ0n) is 11.6. The summed E-state index contributed by atoms with van der Waals surface area (Å²) in [6.07, 6.45) is 3.33. The number of benzene rings is 1. The van der Waals surface area contributed by atoms with Crippen molar-refractivity contribution in [1.82, 2.24) is 4.90 Å². The minimum atomic E-state index is -0.694. The zero-order chi connectivity index (χ0) is 13.9. The fraction of sp³-hybridized carbons (Fsp3) is 0.500. The molecule has 0 heterocycles. The lowest BCUT2D eigenvalue weighted by Crippen LogP contribution is -2.34. The molecular weight excluding hydrogens is 236 g/mol. The van der Waals surface area contributed by atoms with E-state index in [1.807, 2.05) is 0 Å². The van der Waals surface area contributed by atoms with Crippen LogP contribution in [0.5, 0.6) is 0 Å². The van der Waals surface area contributed by atoms with Gasteiger partial charge in [0.2, 0.25) is 5.91 Å². The number of nitrogens with zero attached hydrogens (tertiary/aromatic N) is 2. The maximum absolute atomic E-state index is 12.1. The number of nitriles is 1. The van der Waals surface area contributed by atoms with Crippen molar-refractivity contribution in [3.05, 3.63) is 35.4 Å². The number of amides is 1. The molecule has 0 radical (unpaired) electrons. The van der Waals surface area contributed by atoms with Crippen molar-refractivity contribution in [3.63, 3.8) is 0 Å². The summed E-state index contributed by atoms with van der Waals surface area (Å²) in [6, 6.07) is 10.7. The van der Waals surface area contributed by atoms with E-state index in [0.29, 0.717) is 6.54 Å². The van der Waals surface area contributed by atoms with E-state index in [4.69, 9.17) is 5.26 Å². The highest BCUT2D eigenvalue weighted by molar-refractivity contribution is 5.88. The average Bonchev–Trinajstić information content (AvgIpc) is 3.25. The van der Waals surface area contributed by atoms with E-state index in [0.717, 1.165) is 25.7 Å². The third-order valence-electron chi connectivity index (χ3n) is 3.89. The van der Waals surface area contributed by atoms with Gasteiger partial charge in [-0.2, -0.15) is 5.26 Å². The molecule has 0 aromatic heterocycles. The molecular formula is C16H20N2O. The summed E-state index contributed by atoms with van der Waals surface area (Å²) in [6.45, 7) is 2.81. The third kappa shape index (κ3) is 2.96. The molecule has 1 aromatic carbocycles. The quantitative estimate of drug-likeness (QED) is 0.812. The first kappa shape index (κ1) is 13.6. The molecule has 0 bridgehead atoms. The smallest absolute Gasteiger partial charge is 0.242 e. The highest BCUT2D eigenvalue weighted by Gasteiger charge is 2.51. The number of rotatable bonds is 5. The molecule has 1 aliphatic carbocycles. The lowest BCUT2D eigenvalue weighted by atomic mass is 10.1. The van der Waals surface area contributed by atoms with Crippen LogP contribution in [0.3, 0.4) is 0 Å². The first-order valence-electron chi connectivity index (χ1n) is 6.86. The second-order valence-corrected chi connectivity index (χ2v) is 5.34. The highest BCUT2D eigenvalue weighted by Crippen LogP contribution is 2.46. The molecule has 100 valence electrons. The Labute approximate surface area is 114 Å². The van der Waals surface area contributed by atoms with Gasteiger partial charge in [0.15, 0.2) is 0 Å². The fourth-order valence-corrected chi connectivity index (χ4v) is 2.20. The van der Waals surface area contributed by atoms with Crippen LogP contribution >= 0.6 is 0 Å². The zero-order valence-corrected chi connectivity index (χ0v) is 11.6. The van der Waals surface area contributed by atoms with Gasteiger partial charge in [-0.25, -0.2) is 0 Å². The van der Waals surface area contributed by atoms with Crippen LogP contribution < -0.4 is 0 Å². The van der Waals surface area contributed by atoms with Crippen LogP contribution in [0.15, 0.2) is 24.3 Å². The SMILES string of the molecule is CCc1ccc(CCN(C)C(=O)C2(C#N)CC2)cc1. The minimum absolute atomic E-state index is 0.0137. The van der Waals surface area contributed by atoms with Gasteiger partial charge in [0.1, 0.15) is 5.41 Å². The first-order valence-corrected chi connectivity index (χ1v) is 6.86. The van der Waals surface area contributed by atoms with Crippen LogP contribution in [0, 0.1) is 16.7 Å². The summed E-state index contributed by atoms with van der Waals surface area (Å²) >= 11 is 0. The van der Waals surface area contributed by atoms with Gasteiger partial charge in [0, 0.05) is 13.6 Å². The Hall–Kier alpha value is -1.82. The molecule has 0 N–H and O–H groups in total. The maximum atomic E-state index is 12.1. The minimum Gasteiger partial charge on any atom is -0.344 e. The van der Waals surface area contributed by atoms with E-state index >= 15 is 0 Å². The number of likely N-dealkylation sites (N-methyl/N-ethyl adjacent to an activating group) is 1. The van der Waals surface area contributed by atoms with Crippen molar-refractivity contribution < 1.29 is 4.79 Å². The molecule has 1 aliphatic rings. The molecule has 0 aliphatic heterocycles. The van der Waals surface area contributed by atoms with Gasteiger partial charge in [0.25, 0.3) is 0 Å². The van der Waals surface area contributed by atoms with Crippen molar-refractivity contribution in [3.8, 4) is 6.07 Å². The Bertz CT molecular complexity index is 494. The first-order chi connectivity index (χ1) is 9.11. The van der Waals surface area contributed by atoms with Crippen molar-refractivity contribution in [2.75, 3.05) is 13.6 Å². The third-order valence-corrected chi connectivity index (χ3v) is 3.89. The van der Waals surface area contributed by atoms with Crippen molar-refractivity contribution in [1.29, 1.82) is 5.26 Å². The van der Waals surface area contributed by atoms with E-state index in [9.17, 15) is 4.79 Å². The summed E-state index contributed by atoms with van der Waals surface area (Å²) in [5, 5.41) is 9.02. The van der Waals surface area contributed by atoms with Gasteiger partial charge in [-0.15, -0.1) is 0 Å². The highest BCUT2D eigenvalue weighted by atomic mass is 16.2. The van der Waals surface area contributed by atoms with Gasteiger partial charge >= 0.3 is 0 Å². The predicted molar refractivity (Wildman–Crippen MR) is 74.4 cm³/mol.